The fourth-order valence-corrected chi connectivity index (χ4v) is 2.15. The Bertz CT molecular complexity index is 334. The molecule has 1 unspecified atom stereocenters. The molecule has 1 fully saturated rings. The molecule has 1 heterocycles. The zero-order valence-electron chi connectivity index (χ0n) is 8.92. The number of rotatable bonds is 2. The third-order valence-electron chi connectivity index (χ3n) is 2.76. The lowest BCUT2D eigenvalue weighted by Gasteiger charge is -2.35. The van der Waals surface area contributed by atoms with Crippen LogP contribution in [0.2, 0.25) is 5.02 Å². The van der Waals surface area contributed by atoms with Gasteiger partial charge in [0.25, 0.3) is 0 Å². The van der Waals surface area contributed by atoms with Gasteiger partial charge in [0.05, 0.1) is 13.2 Å². The van der Waals surface area contributed by atoms with Crippen molar-refractivity contribution in [3.05, 3.63) is 34.9 Å². The van der Waals surface area contributed by atoms with E-state index in [-0.39, 0.29) is 5.54 Å². The van der Waals surface area contributed by atoms with Gasteiger partial charge in [0.2, 0.25) is 0 Å². The largest absolute Gasteiger partial charge is 0.378 e. The van der Waals surface area contributed by atoms with E-state index in [1.807, 2.05) is 18.2 Å². The Kier molecular flexibility index (Phi) is 3.29. The molecule has 2 rings (SSSR count). The van der Waals surface area contributed by atoms with E-state index in [1.54, 1.807) is 0 Å². The van der Waals surface area contributed by atoms with Crippen LogP contribution in [0.1, 0.15) is 12.5 Å². The summed E-state index contributed by atoms with van der Waals surface area (Å²) < 4.78 is 5.49. The number of hydrogen-bond donors (Lipinski definition) is 1. The van der Waals surface area contributed by atoms with Crippen molar-refractivity contribution in [2.75, 3.05) is 19.8 Å². The van der Waals surface area contributed by atoms with Gasteiger partial charge in [-0.25, -0.2) is 0 Å². The molecule has 0 aliphatic carbocycles. The molecule has 1 saturated heterocycles. The molecule has 15 heavy (non-hydrogen) atoms. The highest BCUT2D eigenvalue weighted by atomic mass is 35.5. The maximum Gasteiger partial charge on any atom is 0.0649 e. The molecule has 0 radical (unpaired) electrons. The maximum absolute atomic E-state index is 6.14. The molecule has 1 aromatic carbocycles. The number of morpholine rings is 1. The first-order valence-electron chi connectivity index (χ1n) is 5.26. The smallest absolute Gasteiger partial charge is 0.0649 e. The van der Waals surface area contributed by atoms with Crippen LogP contribution < -0.4 is 5.32 Å². The molecule has 1 aliphatic rings. The zero-order chi connectivity index (χ0) is 10.7. The van der Waals surface area contributed by atoms with Gasteiger partial charge in [0.15, 0.2) is 0 Å². The highest BCUT2D eigenvalue weighted by Crippen LogP contribution is 2.22. The van der Waals surface area contributed by atoms with Gasteiger partial charge in [0.1, 0.15) is 0 Å². The van der Waals surface area contributed by atoms with E-state index in [0.29, 0.717) is 0 Å². The third-order valence-corrected chi connectivity index (χ3v) is 3.13. The van der Waals surface area contributed by atoms with Crippen LogP contribution in [0.3, 0.4) is 0 Å². The zero-order valence-corrected chi connectivity index (χ0v) is 9.68. The first-order chi connectivity index (χ1) is 7.20. The van der Waals surface area contributed by atoms with Crippen molar-refractivity contribution >= 4 is 11.6 Å². The number of benzene rings is 1. The van der Waals surface area contributed by atoms with Crippen LogP contribution in [0.15, 0.2) is 24.3 Å². The molecule has 0 amide bonds. The molecular formula is C12H16ClNO. The molecular weight excluding hydrogens is 210 g/mol. The summed E-state index contributed by atoms with van der Waals surface area (Å²) in [6.45, 7) is 4.65. The Balaban J connectivity index is 2.10. The first-order valence-corrected chi connectivity index (χ1v) is 5.64. The maximum atomic E-state index is 6.14. The van der Waals surface area contributed by atoms with E-state index >= 15 is 0 Å². The predicted octanol–water partition coefficient (Wildman–Crippen LogP) is 2.26. The van der Waals surface area contributed by atoms with Crippen molar-refractivity contribution in [3.63, 3.8) is 0 Å². The van der Waals surface area contributed by atoms with Gasteiger partial charge in [-0.3, -0.25) is 0 Å². The molecule has 1 aromatic rings. The summed E-state index contributed by atoms with van der Waals surface area (Å²) >= 11 is 6.14. The number of nitrogens with one attached hydrogen (secondary N) is 1. The first kappa shape index (κ1) is 10.9. The van der Waals surface area contributed by atoms with Crippen molar-refractivity contribution in [2.24, 2.45) is 0 Å². The molecule has 3 heteroatoms. The second-order valence-electron chi connectivity index (χ2n) is 4.31. The lowest BCUT2D eigenvalue weighted by molar-refractivity contribution is 0.0356. The van der Waals surface area contributed by atoms with Crippen LogP contribution in [0, 0.1) is 0 Å². The van der Waals surface area contributed by atoms with E-state index in [2.05, 4.69) is 18.3 Å². The van der Waals surface area contributed by atoms with Gasteiger partial charge >= 0.3 is 0 Å². The molecule has 2 nitrogen and oxygen atoms in total. The van der Waals surface area contributed by atoms with Crippen LogP contribution in [0.5, 0.6) is 0 Å². The second kappa shape index (κ2) is 4.52. The summed E-state index contributed by atoms with van der Waals surface area (Å²) in [5.41, 5.74) is 1.20. The Morgan fingerprint density at radius 1 is 1.47 bits per heavy atom. The average molecular weight is 226 g/mol. The minimum atomic E-state index is 0.0171. The van der Waals surface area contributed by atoms with Crippen molar-refractivity contribution in [1.29, 1.82) is 0 Å². The molecule has 0 spiro atoms. The fraction of sp³-hybridized carbons (Fsp3) is 0.500. The SMILES string of the molecule is CC1(Cc2ccccc2Cl)COCCN1. The van der Waals surface area contributed by atoms with Gasteiger partial charge in [-0.05, 0) is 25.0 Å². The fourth-order valence-electron chi connectivity index (χ4n) is 1.95. The van der Waals surface area contributed by atoms with E-state index in [9.17, 15) is 0 Å². The van der Waals surface area contributed by atoms with Crippen LogP contribution >= 0.6 is 11.6 Å². The van der Waals surface area contributed by atoms with Crippen LogP contribution in [0.25, 0.3) is 0 Å². The van der Waals surface area contributed by atoms with Crippen molar-refractivity contribution < 1.29 is 4.74 Å². The minimum absolute atomic E-state index is 0.0171. The van der Waals surface area contributed by atoms with E-state index in [1.165, 1.54) is 5.56 Å². The molecule has 0 aromatic heterocycles. The van der Waals surface area contributed by atoms with E-state index < -0.39 is 0 Å². The molecule has 0 bridgehead atoms. The quantitative estimate of drug-likeness (QED) is 0.834. The van der Waals surface area contributed by atoms with Crippen molar-refractivity contribution in [3.8, 4) is 0 Å². The van der Waals surface area contributed by atoms with E-state index in [0.717, 1.165) is 31.2 Å². The van der Waals surface area contributed by atoms with Crippen molar-refractivity contribution in [2.45, 2.75) is 18.9 Å². The lowest BCUT2D eigenvalue weighted by atomic mass is 9.93. The summed E-state index contributed by atoms with van der Waals surface area (Å²) in [5, 5.41) is 4.33. The average Bonchev–Trinajstić information content (AvgIpc) is 2.22. The van der Waals surface area contributed by atoms with Gasteiger partial charge in [-0.1, -0.05) is 29.8 Å². The standard InChI is InChI=1S/C12H16ClNO/c1-12(9-15-7-6-14-12)8-10-4-2-3-5-11(10)13/h2-5,14H,6-9H2,1H3. The van der Waals surface area contributed by atoms with Gasteiger partial charge in [-0.2, -0.15) is 0 Å². The van der Waals surface area contributed by atoms with Gasteiger partial charge in [-0.15, -0.1) is 0 Å². The van der Waals surface area contributed by atoms with Crippen LogP contribution in [-0.4, -0.2) is 25.3 Å². The van der Waals surface area contributed by atoms with Crippen LogP contribution in [0.4, 0.5) is 0 Å². The lowest BCUT2D eigenvalue weighted by Crippen LogP contribution is -2.53. The Morgan fingerprint density at radius 2 is 2.27 bits per heavy atom. The monoisotopic (exact) mass is 225 g/mol. The Morgan fingerprint density at radius 3 is 2.93 bits per heavy atom. The normalized spacial score (nSPS) is 26.5. The van der Waals surface area contributed by atoms with Crippen molar-refractivity contribution in [1.82, 2.24) is 5.32 Å². The molecule has 1 aliphatic heterocycles. The highest BCUT2D eigenvalue weighted by Gasteiger charge is 2.27. The van der Waals surface area contributed by atoms with Gasteiger partial charge in [0, 0.05) is 17.1 Å². The van der Waals surface area contributed by atoms with Crippen LogP contribution in [-0.2, 0) is 11.2 Å². The third kappa shape index (κ3) is 2.71. The van der Waals surface area contributed by atoms with Gasteiger partial charge < -0.3 is 10.1 Å². The number of halogens is 1. The highest BCUT2D eigenvalue weighted by molar-refractivity contribution is 6.31. The molecule has 0 saturated carbocycles. The Hall–Kier alpha value is -0.570. The summed E-state index contributed by atoms with van der Waals surface area (Å²) in [7, 11) is 0. The summed E-state index contributed by atoms with van der Waals surface area (Å²) in [6.07, 6.45) is 0.909. The molecule has 1 atom stereocenters. The topological polar surface area (TPSA) is 21.3 Å². The minimum Gasteiger partial charge on any atom is -0.378 e. The molecule has 82 valence electrons. The summed E-state index contributed by atoms with van der Waals surface area (Å²) in [6, 6.07) is 7.99. The summed E-state index contributed by atoms with van der Waals surface area (Å²) in [5.74, 6) is 0. The predicted molar refractivity (Wildman–Crippen MR) is 62.4 cm³/mol. The summed E-state index contributed by atoms with van der Waals surface area (Å²) in [4.78, 5) is 0. The molecule has 1 N–H and O–H groups in total. The van der Waals surface area contributed by atoms with E-state index in [4.69, 9.17) is 16.3 Å². The number of hydrogen-bond acceptors (Lipinski definition) is 2. The number of ether oxygens (including phenoxy) is 1. The Labute approximate surface area is 95.6 Å². The second-order valence-corrected chi connectivity index (χ2v) is 4.72.